The van der Waals surface area contributed by atoms with Crippen molar-refractivity contribution in [3.63, 3.8) is 0 Å². The summed E-state index contributed by atoms with van der Waals surface area (Å²) in [5.74, 6) is -0.548. The molecule has 31 heavy (non-hydrogen) atoms. The van der Waals surface area contributed by atoms with Gasteiger partial charge in [-0.05, 0) is 55.0 Å². The Morgan fingerprint density at radius 2 is 1.61 bits per heavy atom. The highest BCUT2D eigenvalue weighted by Crippen LogP contribution is 2.23. The fraction of sp³-hybridized carbons (Fsp3) is 0.130. The fourth-order valence-corrected chi connectivity index (χ4v) is 3.10. The van der Waals surface area contributed by atoms with E-state index >= 15 is 0 Å². The molecule has 0 spiro atoms. The molecule has 158 valence electrons. The van der Waals surface area contributed by atoms with Gasteiger partial charge in [0.2, 0.25) is 0 Å². The molecule has 0 aliphatic rings. The Labute approximate surface area is 190 Å². The highest BCUT2D eigenvalue weighted by Gasteiger charge is 2.16. The Morgan fingerprint density at radius 1 is 0.935 bits per heavy atom. The molecule has 6 nitrogen and oxygen atoms in total. The number of nitrogens with one attached hydrogen (secondary N) is 3. The summed E-state index contributed by atoms with van der Waals surface area (Å²) >= 11 is 11.9. The zero-order chi connectivity index (χ0) is 22.5. The number of amides is 2. The van der Waals surface area contributed by atoms with E-state index in [0.717, 1.165) is 5.56 Å². The first-order valence-electron chi connectivity index (χ1n) is 9.43. The SMILES string of the molecule is CC(=N)C(C)c1ccc(C(=O)Nc2ccc(Cl)cc2C(=O)Nc2ccc(Cl)cn2)cc1. The largest absolute Gasteiger partial charge is 0.321 e. The normalized spacial score (nSPS) is 11.5. The third-order valence-electron chi connectivity index (χ3n) is 4.77. The quantitative estimate of drug-likeness (QED) is 0.396. The first-order valence-corrected chi connectivity index (χ1v) is 10.2. The second-order valence-electron chi connectivity index (χ2n) is 6.99. The van der Waals surface area contributed by atoms with E-state index in [1.807, 2.05) is 19.1 Å². The first kappa shape index (κ1) is 22.5. The zero-order valence-corrected chi connectivity index (χ0v) is 18.4. The van der Waals surface area contributed by atoms with E-state index in [0.29, 0.717) is 32.8 Å². The standard InChI is InChI=1S/C23H20Cl2N4O2/c1-13(14(2)26)15-3-5-16(6-4-15)22(30)28-20-9-7-17(24)11-19(20)23(31)29-21-10-8-18(25)12-27-21/h3-13,26H,1-2H3,(H,28,30)(H,27,29,31). The van der Waals surface area contributed by atoms with Gasteiger partial charge in [-0.25, -0.2) is 4.98 Å². The van der Waals surface area contributed by atoms with Crippen LogP contribution in [0.2, 0.25) is 10.0 Å². The molecule has 2 amide bonds. The van der Waals surface area contributed by atoms with Gasteiger partial charge < -0.3 is 16.0 Å². The maximum atomic E-state index is 12.8. The van der Waals surface area contributed by atoms with Crippen molar-refractivity contribution in [1.29, 1.82) is 5.41 Å². The van der Waals surface area contributed by atoms with Gasteiger partial charge in [-0.2, -0.15) is 0 Å². The Kier molecular flexibility index (Phi) is 7.05. The van der Waals surface area contributed by atoms with Crippen LogP contribution in [-0.2, 0) is 0 Å². The predicted octanol–water partition coefficient (Wildman–Crippen LogP) is 6.04. The molecule has 0 fully saturated rings. The van der Waals surface area contributed by atoms with Crippen molar-refractivity contribution >= 4 is 52.2 Å². The van der Waals surface area contributed by atoms with E-state index in [1.54, 1.807) is 43.3 Å². The second-order valence-corrected chi connectivity index (χ2v) is 7.86. The van der Waals surface area contributed by atoms with E-state index in [-0.39, 0.29) is 17.4 Å². The predicted molar refractivity (Wildman–Crippen MR) is 125 cm³/mol. The number of hydrogen-bond donors (Lipinski definition) is 3. The van der Waals surface area contributed by atoms with Crippen LogP contribution in [0.15, 0.2) is 60.8 Å². The van der Waals surface area contributed by atoms with Gasteiger partial charge in [-0.15, -0.1) is 0 Å². The fourth-order valence-electron chi connectivity index (χ4n) is 2.81. The number of carbonyl (C=O) groups excluding carboxylic acids is 2. The summed E-state index contributed by atoms with van der Waals surface area (Å²) in [7, 11) is 0. The lowest BCUT2D eigenvalue weighted by molar-refractivity contribution is 0.102. The molecule has 0 bridgehead atoms. The molecule has 0 saturated carbocycles. The molecular formula is C23H20Cl2N4O2. The van der Waals surface area contributed by atoms with Crippen LogP contribution in [0.1, 0.15) is 46.0 Å². The monoisotopic (exact) mass is 454 g/mol. The van der Waals surface area contributed by atoms with Crippen LogP contribution < -0.4 is 10.6 Å². The van der Waals surface area contributed by atoms with Crippen molar-refractivity contribution in [3.05, 3.63) is 87.5 Å². The summed E-state index contributed by atoms with van der Waals surface area (Å²) in [4.78, 5) is 29.5. The molecule has 1 heterocycles. The molecule has 0 aliphatic carbocycles. The van der Waals surface area contributed by atoms with E-state index in [2.05, 4.69) is 15.6 Å². The molecule has 1 unspecified atom stereocenters. The number of anilines is 2. The lowest BCUT2D eigenvalue weighted by atomic mass is 9.96. The molecule has 0 radical (unpaired) electrons. The molecule has 1 atom stereocenters. The average Bonchev–Trinajstić information content (AvgIpc) is 2.76. The van der Waals surface area contributed by atoms with Gasteiger partial charge in [0.05, 0.1) is 16.3 Å². The van der Waals surface area contributed by atoms with Crippen LogP contribution in [0.4, 0.5) is 11.5 Å². The Hall–Kier alpha value is -3.22. The Morgan fingerprint density at radius 3 is 2.23 bits per heavy atom. The number of benzene rings is 2. The number of carbonyl (C=O) groups is 2. The van der Waals surface area contributed by atoms with Crippen LogP contribution >= 0.6 is 23.2 Å². The summed E-state index contributed by atoms with van der Waals surface area (Å²) in [6.07, 6.45) is 1.42. The lowest BCUT2D eigenvalue weighted by Crippen LogP contribution is -2.19. The van der Waals surface area contributed by atoms with Crippen LogP contribution in [0.5, 0.6) is 0 Å². The van der Waals surface area contributed by atoms with E-state index in [4.69, 9.17) is 28.6 Å². The number of rotatable bonds is 6. The van der Waals surface area contributed by atoms with Gasteiger partial charge in [0.25, 0.3) is 11.8 Å². The molecule has 0 saturated heterocycles. The number of hydrogen-bond acceptors (Lipinski definition) is 4. The number of pyridine rings is 1. The highest BCUT2D eigenvalue weighted by molar-refractivity contribution is 6.31. The first-order chi connectivity index (χ1) is 14.7. The van der Waals surface area contributed by atoms with Crippen molar-refractivity contribution in [2.24, 2.45) is 0 Å². The van der Waals surface area contributed by atoms with Gasteiger partial charge in [-0.3, -0.25) is 9.59 Å². The van der Waals surface area contributed by atoms with Gasteiger partial charge in [0.15, 0.2) is 0 Å². The van der Waals surface area contributed by atoms with Crippen LogP contribution in [0, 0.1) is 5.41 Å². The Balaban J connectivity index is 1.80. The third kappa shape index (κ3) is 5.69. The Bertz CT molecular complexity index is 1130. The number of aromatic nitrogens is 1. The van der Waals surface area contributed by atoms with Crippen LogP contribution in [0.25, 0.3) is 0 Å². The average molecular weight is 455 g/mol. The van der Waals surface area contributed by atoms with Crippen molar-refractivity contribution in [3.8, 4) is 0 Å². The smallest absolute Gasteiger partial charge is 0.258 e. The van der Waals surface area contributed by atoms with E-state index < -0.39 is 5.91 Å². The summed E-state index contributed by atoms with van der Waals surface area (Å²) in [5.41, 5.74) is 2.44. The third-order valence-corrected chi connectivity index (χ3v) is 5.22. The van der Waals surface area contributed by atoms with E-state index in [9.17, 15) is 9.59 Å². The van der Waals surface area contributed by atoms with Crippen LogP contribution in [0.3, 0.4) is 0 Å². The number of halogens is 2. The maximum Gasteiger partial charge on any atom is 0.258 e. The van der Waals surface area contributed by atoms with Crippen molar-refractivity contribution in [2.75, 3.05) is 10.6 Å². The molecular weight excluding hydrogens is 435 g/mol. The summed E-state index contributed by atoms with van der Waals surface area (Å²) in [5, 5.41) is 14.0. The molecule has 2 aromatic carbocycles. The number of nitrogens with zero attached hydrogens (tertiary/aromatic N) is 1. The van der Waals surface area contributed by atoms with Gasteiger partial charge in [0.1, 0.15) is 5.82 Å². The molecule has 1 aromatic heterocycles. The van der Waals surface area contributed by atoms with Gasteiger partial charge in [0, 0.05) is 28.4 Å². The minimum absolute atomic E-state index is 0.0230. The van der Waals surface area contributed by atoms with Gasteiger partial charge >= 0.3 is 0 Å². The highest BCUT2D eigenvalue weighted by atomic mass is 35.5. The summed E-state index contributed by atoms with van der Waals surface area (Å²) < 4.78 is 0. The lowest BCUT2D eigenvalue weighted by Gasteiger charge is -2.13. The molecule has 3 rings (SSSR count). The molecule has 8 heteroatoms. The molecule has 3 N–H and O–H groups in total. The molecule has 3 aromatic rings. The topological polar surface area (TPSA) is 94.9 Å². The second kappa shape index (κ2) is 9.73. The maximum absolute atomic E-state index is 12.8. The van der Waals surface area contributed by atoms with Gasteiger partial charge in [-0.1, -0.05) is 42.3 Å². The van der Waals surface area contributed by atoms with E-state index in [1.165, 1.54) is 12.3 Å². The van der Waals surface area contributed by atoms with Crippen molar-refractivity contribution in [2.45, 2.75) is 19.8 Å². The minimum Gasteiger partial charge on any atom is -0.321 e. The zero-order valence-electron chi connectivity index (χ0n) is 16.9. The van der Waals surface area contributed by atoms with Crippen molar-refractivity contribution in [1.82, 2.24) is 4.98 Å². The summed E-state index contributed by atoms with van der Waals surface area (Å²) in [6.45, 7) is 3.68. The molecule has 0 aliphatic heterocycles. The van der Waals surface area contributed by atoms with Crippen molar-refractivity contribution < 1.29 is 9.59 Å². The van der Waals surface area contributed by atoms with Crippen LogP contribution in [-0.4, -0.2) is 22.5 Å². The summed E-state index contributed by atoms with van der Waals surface area (Å²) in [6, 6.07) is 14.8. The minimum atomic E-state index is -0.474.